The van der Waals surface area contributed by atoms with Gasteiger partial charge in [0, 0.05) is 83.9 Å². The molecule has 0 atom stereocenters. The van der Waals surface area contributed by atoms with E-state index in [0.29, 0.717) is 6.54 Å². The Morgan fingerprint density at radius 1 is 0.646 bits per heavy atom. The molecule has 0 fully saturated rings. The number of allylic oxidation sites excluding steroid dienone is 6. The van der Waals surface area contributed by atoms with E-state index in [-0.39, 0.29) is 33.8 Å². The number of unbranched alkanes of at least 4 members (excludes halogenated alkanes) is 15. The molecule has 11 heteroatoms. The number of likely N-dealkylation sites (N-methyl/N-ethyl adjacent to an activating group) is 1. The van der Waals surface area contributed by atoms with Crippen molar-refractivity contribution in [1.29, 1.82) is 0 Å². The van der Waals surface area contributed by atoms with Crippen LogP contribution in [0.15, 0.2) is 95.1 Å². The molecule has 0 saturated heterocycles. The van der Waals surface area contributed by atoms with Crippen LogP contribution in [0.3, 0.4) is 0 Å². The molecule has 0 unspecified atom stereocenters. The number of anilines is 2. The normalized spacial score (nSPS) is 16.5. The van der Waals surface area contributed by atoms with Gasteiger partial charge >= 0.3 is 0 Å². The summed E-state index contributed by atoms with van der Waals surface area (Å²) in [5.41, 5.74) is 14.5. The topological polar surface area (TPSA) is 107 Å². The molecule has 3 aromatic carbocycles. The fourth-order valence-corrected chi connectivity index (χ4v) is 14.7. The molecule has 0 bridgehead atoms. The molecule has 7 rings (SSSR count). The molecule has 1 aliphatic heterocycles. The van der Waals surface area contributed by atoms with Crippen LogP contribution in [-0.2, 0) is 30.9 Å². The van der Waals surface area contributed by atoms with Gasteiger partial charge in [-0.2, -0.15) is 0 Å². The van der Waals surface area contributed by atoms with Crippen molar-refractivity contribution >= 4 is 49.1 Å². The summed E-state index contributed by atoms with van der Waals surface area (Å²) in [4.78, 5) is 4.29. The molecule has 82 heavy (non-hydrogen) atoms. The molecule has 3 aromatic rings. The van der Waals surface area contributed by atoms with Gasteiger partial charge in [0.05, 0.1) is 17.1 Å². The first-order valence-electron chi connectivity index (χ1n) is 31.6. The van der Waals surface area contributed by atoms with Crippen LogP contribution >= 0.6 is 0 Å². The van der Waals surface area contributed by atoms with Gasteiger partial charge in [-0.1, -0.05) is 189 Å². The molecular formula is C71H110N5O4S2+. The minimum absolute atomic E-state index is 0.0645. The van der Waals surface area contributed by atoms with Gasteiger partial charge in [-0.3, -0.25) is 0 Å². The summed E-state index contributed by atoms with van der Waals surface area (Å²) in [6, 6.07) is 17.7. The second-order valence-corrected chi connectivity index (χ2v) is 29.7. The van der Waals surface area contributed by atoms with Crippen LogP contribution in [0.25, 0.3) is 17.7 Å². The maximum absolute atomic E-state index is 13.6. The summed E-state index contributed by atoms with van der Waals surface area (Å²) in [5, 5.41) is 7.68. The number of hydrogen-bond donors (Lipinski definition) is 1. The van der Waals surface area contributed by atoms with Crippen molar-refractivity contribution in [3.8, 4) is 0 Å². The molecule has 4 aliphatic rings. The van der Waals surface area contributed by atoms with Crippen molar-refractivity contribution in [2.75, 3.05) is 69.6 Å². The molecule has 454 valence electrons. The van der Waals surface area contributed by atoms with Crippen molar-refractivity contribution in [1.82, 2.24) is 8.88 Å². The molecule has 1 heterocycles. The lowest BCUT2D eigenvalue weighted by molar-refractivity contribution is 0.401. The van der Waals surface area contributed by atoms with Gasteiger partial charge in [-0.25, -0.2) is 30.9 Å². The van der Waals surface area contributed by atoms with Crippen molar-refractivity contribution in [3.63, 3.8) is 0 Å². The Balaban J connectivity index is 0.000000313. The van der Waals surface area contributed by atoms with Crippen molar-refractivity contribution < 1.29 is 16.8 Å². The van der Waals surface area contributed by atoms with Gasteiger partial charge in [0.15, 0.2) is 5.54 Å². The van der Waals surface area contributed by atoms with Gasteiger partial charge in [0.1, 0.15) is 6.54 Å². The van der Waals surface area contributed by atoms with Gasteiger partial charge in [-0.15, -0.1) is 0 Å². The first kappa shape index (κ1) is 68.2. The molecule has 3 aliphatic carbocycles. The predicted molar refractivity (Wildman–Crippen MR) is 357 cm³/mol. The zero-order valence-electron chi connectivity index (χ0n) is 54.3. The third kappa shape index (κ3) is 17.8. The van der Waals surface area contributed by atoms with E-state index in [1.807, 2.05) is 13.8 Å². The van der Waals surface area contributed by atoms with Gasteiger partial charge in [-0.05, 0) is 135 Å². The van der Waals surface area contributed by atoms with E-state index in [1.54, 1.807) is 11.4 Å². The smallest absolute Gasteiger partial charge is 0.218 e. The number of rotatable bonds is 27. The van der Waals surface area contributed by atoms with Gasteiger partial charge in [0.2, 0.25) is 25.4 Å². The number of fused-ring (bicyclic) bond motifs is 5. The number of nitrogens with zero attached hydrogens (tertiary/aromatic N) is 4. The third-order valence-corrected chi connectivity index (χ3v) is 19.9. The number of benzene rings is 3. The summed E-state index contributed by atoms with van der Waals surface area (Å²) >= 11 is 0. The molecule has 0 radical (unpaired) electrons. The van der Waals surface area contributed by atoms with E-state index in [4.69, 9.17) is 5.14 Å². The van der Waals surface area contributed by atoms with E-state index in [1.165, 1.54) is 140 Å². The van der Waals surface area contributed by atoms with Crippen molar-refractivity contribution in [3.05, 3.63) is 139 Å². The molecule has 0 aromatic heterocycles. The number of primary sulfonamides is 1. The van der Waals surface area contributed by atoms with Crippen LogP contribution < -0.4 is 30.1 Å². The first-order chi connectivity index (χ1) is 38.6. The Morgan fingerprint density at radius 2 is 1.15 bits per heavy atom. The number of nitrogens with two attached hydrogens (primary N) is 1. The fourth-order valence-electron chi connectivity index (χ4n) is 12.7. The molecule has 9 nitrogen and oxygen atoms in total. The Hall–Kier alpha value is -4.55. The van der Waals surface area contributed by atoms with E-state index in [2.05, 4.69) is 197 Å². The van der Waals surface area contributed by atoms with E-state index in [0.717, 1.165) is 58.7 Å². The Morgan fingerprint density at radius 3 is 1.63 bits per heavy atom. The van der Waals surface area contributed by atoms with Gasteiger partial charge in [0.25, 0.3) is 0 Å². The highest BCUT2D eigenvalue weighted by atomic mass is 32.2. The zero-order valence-corrected chi connectivity index (χ0v) is 56.0. The molecule has 0 amide bonds. The average Bonchev–Trinajstić information content (AvgIpc) is 2.30. The lowest BCUT2D eigenvalue weighted by Crippen LogP contribution is -2.51. The minimum Gasteiger partial charge on any atom is -0.378 e. The van der Waals surface area contributed by atoms with Crippen LogP contribution in [-0.4, -0.2) is 86.5 Å². The minimum atomic E-state index is -3.65. The first-order valence-corrected chi connectivity index (χ1v) is 34.9. The van der Waals surface area contributed by atoms with Crippen LogP contribution in [0.1, 0.15) is 226 Å². The average molecular weight is 1160 g/mol. The standard InChI is InChI=1S/C43H70N2O2S.C26H34N3O2S.C2H6/c1-9-10-11-12-13-14-15-16-17-18-19-20-21-22-23-24-29-45(8)48(46,47)34-39(30-35(2)3)36-26-28-41-38(31-36)32-37-25-27-40(44(6)7)33-42(37)43(41,4)5;1-8-29-24-14-23-18(12-21(24)19(15-25(29,2)3)16-32(27,30)31)11-17-9-10-20(28(6)7)13-22(17)26(23,4)5;1-2/h25,27-28,30-33,35H,9-24,26,29,34H2,1-8H3;9-15H,8,16H2,1-7H3,(H2,27,30,31);1-2H3/q;+1;/b39-30-;;. The highest BCUT2D eigenvalue weighted by molar-refractivity contribution is 7.89. The summed E-state index contributed by atoms with van der Waals surface area (Å²) in [7, 11) is 3.01. The second-order valence-electron chi connectivity index (χ2n) is 26.0. The Bertz CT molecular complexity index is 3190. The third-order valence-electron chi connectivity index (χ3n) is 17.4. The summed E-state index contributed by atoms with van der Waals surface area (Å²) < 4.78 is 55.2. The van der Waals surface area contributed by atoms with Crippen LogP contribution in [0, 0.1) is 5.92 Å². The van der Waals surface area contributed by atoms with Crippen molar-refractivity contribution in [2.45, 2.75) is 209 Å². The lowest BCUT2D eigenvalue weighted by Gasteiger charge is -2.38. The van der Waals surface area contributed by atoms with Crippen LogP contribution in [0.5, 0.6) is 0 Å². The summed E-state index contributed by atoms with van der Waals surface area (Å²) in [6.07, 6.45) is 35.3. The van der Waals surface area contributed by atoms with E-state index < -0.39 is 20.0 Å². The number of sulfonamides is 2. The fraction of sp³-hybridized carbons (Fsp3) is 0.592. The second kappa shape index (κ2) is 30.0. The summed E-state index contributed by atoms with van der Waals surface area (Å²) in [5.74, 6) is 0.176. The summed E-state index contributed by atoms with van der Waals surface area (Å²) in [6.45, 7) is 27.5. The Labute approximate surface area is 500 Å². The SMILES string of the molecule is CC.CCCCCCCCCCCCCCCCCCN(C)S(=O)(=O)C/C(=C/C(C)C)C1=CC2=Cc3ccc(N(C)C)cc3C(C)(C)C2=CC1.CC[N+]1=c2cc3c(cc2C(CS(N)(=O)=O)=CC1(C)C)=Cc1ccc(N(C)C)cc1C3(C)C. The predicted octanol–water partition coefficient (Wildman–Crippen LogP) is 15.0. The molecule has 0 saturated carbocycles. The van der Waals surface area contributed by atoms with E-state index >= 15 is 0 Å². The Kier molecular flexibility index (Phi) is 25.0. The number of hydrogen-bond acceptors (Lipinski definition) is 6. The highest BCUT2D eigenvalue weighted by Gasteiger charge is 2.38. The van der Waals surface area contributed by atoms with E-state index in [9.17, 15) is 16.8 Å². The molecule has 0 spiro atoms. The maximum Gasteiger partial charge on any atom is 0.218 e. The quantitative estimate of drug-likeness (QED) is 0.0602. The monoisotopic (exact) mass is 1160 g/mol. The highest BCUT2D eigenvalue weighted by Crippen LogP contribution is 2.47. The van der Waals surface area contributed by atoms with Crippen LogP contribution in [0.2, 0.25) is 0 Å². The van der Waals surface area contributed by atoms with Gasteiger partial charge < -0.3 is 9.80 Å². The lowest BCUT2D eigenvalue weighted by atomic mass is 9.67. The maximum atomic E-state index is 13.6. The molecular weight excluding hydrogens is 1050 g/mol. The van der Waals surface area contributed by atoms with Crippen LogP contribution in [0.4, 0.5) is 11.4 Å². The largest absolute Gasteiger partial charge is 0.378 e. The molecule has 2 N–H and O–H groups in total. The zero-order chi connectivity index (χ0) is 60.8. The van der Waals surface area contributed by atoms with Crippen molar-refractivity contribution in [2.24, 2.45) is 11.1 Å².